The lowest BCUT2D eigenvalue weighted by Gasteiger charge is -2.27. The van der Waals surface area contributed by atoms with E-state index in [0.717, 1.165) is 0 Å². The number of nitrogen functional groups attached to an aromatic ring is 2. The van der Waals surface area contributed by atoms with Crippen molar-refractivity contribution >= 4 is 71.1 Å². The van der Waals surface area contributed by atoms with Gasteiger partial charge in [0.2, 0.25) is 5.95 Å². The molecule has 45 heavy (non-hydrogen) atoms. The van der Waals surface area contributed by atoms with E-state index in [1.807, 2.05) is 0 Å². The van der Waals surface area contributed by atoms with Crippen molar-refractivity contribution in [1.29, 1.82) is 0 Å². The molecule has 4 aromatic heterocycles. The maximum atomic E-state index is 16.0. The van der Waals surface area contributed by atoms with Gasteiger partial charge in [-0.25, -0.2) is 24.3 Å². The lowest BCUT2D eigenvalue weighted by atomic mass is 10.1. The molecule has 3 aliphatic rings. The Balaban J connectivity index is 1.21. The Morgan fingerprint density at radius 2 is 1.53 bits per heavy atom. The molecule has 4 aromatic rings. The first-order chi connectivity index (χ1) is 21.3. The number of alkyl halides is 1. The van der Waals surface area contributed by atoms with Crippen LogP contribution in [0, 0.1) is 0 Å². The molecule has 20 nitrogen and oxygen atoms in total. The fourth-order valence-electron chi connectivity index (χ4n) is 5.26. The molecule has 7 rings (SSSR count). The zero-order valence-corrected chi connectivity index (χ0v) is 25.8. The van der Waals surface area contributed by atoms with Gasteiger partial charge in [-0.3, -0.25) is 28.0 Å². The monoisotopic (exact) mass is 708 g/mol. The van der Waals surface area contributed by atoms with Crippen molar-refractivity contribution in [3.8, 4) is 0 Å². The molecule has 0 amide bonds. The van der Waals surface area contributed by atoms with Crippen LogP contribution < -0.4 is 17.0 Å². The molecule has 0 radical (unpaired) electrons. The summed E-state index contributed by atoms with van der Waals surface area (Å²) >= 11 is 10.4. The van der Waals surface area contributed by atoms with Crippen LogP contribution in [0.5, 0.6) is 0 Å². The molecule has 7 heterocycles. The first-order valence-corrected chi connectivity index (χ1v) is 18.1. The number of halogens is 1. The van der Waals surface area contributed by atoms with E-state index in [1.54, 1.807) is 0 Å². The molecule has 3 saturated heterocycles. The molecule has 25 heteroatoms. The van der Waals surface area contributed by atoms with E-state index in [-0.39, 0.29) is 34.1 Å². The predicted molar refractivity (Wildman–Crippen MR) is 156 cm³/mol. The van der Waals surface area contributed by atoms with E-state index in [1.165, 1.54) is 28.1 Å². The van der Waals surface area contributed by atoms with Gasteiger partial charge in [0.15, 0.2) is 41.3 Å². The Labute approximate surface area is 259 Å². The largest absolute Gasteiger partial charge is 0.387 e. The number of H-pyrrole nitrogens is 1. The molecule has 2 bridgehead atoms. The minimum absolute atomic E-state index is 0.0335. The molecule has 10 unspecified atom stereocenters. The predicted octanol–water partition coefficient (Wildman–Crippen LogP) is -1.13. The number of nitrogens with zero attached hydrogens (tertiary/aromatic N) is 7. The number of hydrogen-bond donors (Lipinski definition) is 6. The summed E-state index contributed by atoms with van der Waals surface area (Å²) in [6, 6.07) is 0. The van der Waals surface area contributed by atoms with Crippen LogP contribution in [0.2, 0.25) is 0 Å². The smallest absolute Gasteiger partial charge is 0.325 e. The summed E-state index contributed by atoms with van der Waals surface area (Å²) < 4.78 is 52.6. The standard InChI is InChI=1S/C20H23FN10O10P2S2/c21-8-12-7(39-18(8)30-4-26-9-14(22)24-3-25-15(9)30)2-37-43(35,45)41-13-11(32)6(1-36-42(34,44)40-12)38-19(13)31-5-27-10-16(31)28-20(23)29-17(10)33/h3-8,11-13,18-19,32H,1-2H2,(H,34,44)(H,35,45)(H2,22,24,25)(H3,23,28,29,33). The van der Waals surface area contributed by atoms with E-state index in [0.29, 0.717) is 0 Å². The van der Waals surface area contributed by atoms with Crippen molar-refractivity contribution in [2.45, 2.75) is 49.1 Å². The molecule has 0 saturated carbocycles. The SMILES string of the molecule is Nc1nc2c(ncn2C2OC3COP(O)(=S)OC4C(COP(O)(=S)OC2C3O)OC(n2cnc3c(N)ncnc32)C4F)c(=O)[nH]1. The molecular weight excluding hydrogens is 685 g/mol. The average Bonchev–Trinajstić information content (AvgIpc) is 3.72. The number of aliphatic hydroxyl groups excluding tert-OH is 1. The van der Waals surface area contributed by atoms with Gasteiger partial charge >= 0.3 is 13.4 Å². The van der Waals surface area contributed by atoms with Crippen molar-refractivity contribution in [1.82, 2.24) is 39.0 Å². The molecular formula is C20H23FN10O10P2S2. The van der Waals surface area contributed by atoms with Crippen LogP contribution >= 0.6 is 13.4 Å². The maximum Gasteiger partial charge on any atom is 0.325 e. The van der Waals surface area contributed by atoms with Gasteiger partial charge in [0, 0.05) is 0 Å². The lowest BCUT2D eigenvalue weighted by Crippen LogP contribution is -2.35. The number of fused-ring (bicyclic) bond motifs is 5. The number of nitrogens with two attached hydrogens (primary N) is 2. The van der Waals surface area contributed by atoms with Gasteiger partial charge in [-0.15, -0.1) is 0 Å². The molecule has 0 spiro atoms. The summed E-state index contributed by atoms with van der Waals surface area (Å²) in [6.07, 6.45) is -8.39. The zero-order valence-electron chi connectivity index (χ0n) is 22.3. The Kier molecular flexibility index (Phi) is 7.76. The minimum Gasteiger partial charge on any atom is -0.387 e. The van der Waals surface area contributed by atoms with Crippen LogP contribution in [-0.2, 0) is 51.2 Å². The molecule has 0 aliphatic carbocycles. The highest BCUT2D eigenvalue weighted by Gasteiger charge is 2.53. The third-order valence-corrected chi connectivity index (χ3v) is 10.4. The molecule has 10 atom stereocenters. The molecule has 3 aliphatic heterocycles. The third kappa shape index (κ3) is 5.56. The van der Waals surface area contributed by atoms with Crippen LogP contribution in [0.1, 0.15) is 12.5 Å². The van der Waals surface area contributed by atoms with E-state index in [2.05, 4.69) is 29.9 Å². The molecule has 242 valence electrons. The van der Waals surface area contributed by atoms with Crippen LogP contribution in [0.25, 0.3) is 22.3 Å². The summed E-state index contributed by atoms with van der Waals surface area (Å²) in [5.74, 6) is -0.171. The van der Waals surface area contributed by atoms with Crippen LogP contribution in [0.15, 0.2) is 23.8 Å². The fourth-order valence-corrected chi connectivity index (χ4v) is 8.11. The molecule has 0 aromatic carbocycles. The highest BCUT2D eigenvalue weighted by Crippen LogP contribution is 2.54. The van der Waals surface area contributed by atoms with Gasteiger partial charge in [0.25, 0.3) is 5.56 Å². The Morgan fingerprint density at radius 1 is 0.911 bits per heavy atom. The van der Waals surface area contributed by atoms with Crippen molar-refractivity contribution in [3.63, 3.8) is 0 Å². The van der Waals surface area contributed by atoms with E-state index >= 15 is 4.39 Å². The number of imidazole rings is 2. The van der Waals surface area contributed by atoms with Gasteiger partial charge in [-0.05, 0) is 23.6 Å². The molecule has 3 fully saturated rings. The summed E-state index contributed by atoms with van der Waals surface area (Å²) in [5, 5.41) is 11.1. The highest BCUT2D eigenvalue weighted by molar-refractivity contribution is 8.07. The first-order valence-electron chi connectivity index (χ1n) is 12.9. The number of aliphatic hydroxyl groups is 1. The summed E-state index contributed by atoms with van der Waals surface area (Å²) in [5.41, 5.74) is 11.1. The lowest BCUT2D eigenvalue weighted by molar-refractivity contribution is -0.0602. The maximum absolute atomic E-state index is 16.0. The number of hydrogen-bond acceptors (Lipinski definition) is 17. The van der Waals surface area contributed by atoms with E-state index < -0.39 is 81.4 Å². The molecule has 8 N–H and O–H groups in total. The number of rotatable bonds is 2. The van der Waals surface area contributed by atoms with Gasteiger partial charge in [-0.2, -0.15) is 4.98 Å². The van der Waals surface area contributed by atoms with Crippen LogP contribution in [0.4, 0.5) is 16.2 Å². The topological polar surface area (TPSA) is 275 Å². The zero-order chi connectivity index (χ0) is 31.8. The quantitative estimate of drug-likeness (QED) is 0.134. The van der Waals surface area contributed by atoms with Crippen molar-refractivity contribution in [2.75, 3.05) is 24.7 Å². The van der Waals surface area contributed by atoms with Gasteiger partial charge in [0.05, 0.1) is 25.9 Å². The summed E-state index contributed by atoms with van der Waals surface area (Å²) in [7, 11) is 0. The number of anilines is 2. The van der Waals surface area contributed by atoms with E-state index in [4.69, 9.17) is 62.6 Å². The Hall–Kier alpha value is -2.63. The number of aromatic amines is 1. The minimum atomic E-state index is -4.27. The normalized spacial score (nSPS) is 37.7. The first kappa shape index (κ1) is 31.0. The Morgan fingerprint density at radius 3 is 2.27 bits per heavy atom. The van der Waals surface area contributed by atoms with Crippen LogP contribution in [0.3, 0.4) is 0 Å². The van der Waals surface area contributed by atoms with Crippen molar-refractivity contribution < 1.29 is 46.9 Å². The third-order valence-electron chi connectivity index (χ3n) is 7.28. The second kappa shape index (κ2) is 11.3. The van der Waals surface area contributed by atoms with Crippen molar-refractivity contribution in [2.24, 2.45) is 0 Å². The van der Waals surface area contributed by atoms with Gasteiger partial charge in [-0.1, -0.05) is 0 Å². The number of aromatic nitrogens is 8. The second-order valence-electron chi connectivity index (χ2n) is 10.1. The number of nitrogens with one attached hydrogen (secondary N) is 1. The van der Waals surface area contributed by atoms with Gasteiger partial charge < -0.3 is 44.9 Å². The average molecular weight is 709 g/mol. The number of ether oxygens (including phenoxy) is 2. The second-order valence-corrected chi connectivity index (χ2v) is 15.7. The Bertz CT molecular complexity index is 1950. The summed E-state index contributed by atoms with van der Waals surface area (Å²) in [6.45, 7) is -9.73. The van der Waals surface area contributed by atoms with Gasteiger partial charge in [0.1, 0.15) is 42.4 Å². The summed E-state index contributed by atoms with van der Waals surface area (Å²) in [4.78, 5) is 56.8. The highest BCUT2D eigenvalue weighted by atomic mass is 32.5. The van der Waals surface area contributed by atoms with E-state index in [9.17, 15) is 19.7 Å². The fraction of sp³-hybridized carbons (Fsp3) is 0.500. The van der Waals surface area contributed by atoms with Crippen molar-refractivity contribution in [3.05, 3.63) is 29.3 Å². The van der Waals surface area contributed by atoms with Crippen LogP contribution in [-0.4, -0.2) is 104 Å².